The van der Waals surface area contributed by atoms with Crippen molar-refractivity contribution in [1.82, 2.24) is 0 Å². The summed E-state index contributed by atoms with van der Waals surface area (Å²) < 4.78 is 13.3. The number of benzene rings is 1. The van der Waals surface area contributed by atoms with Gasteiger partial charge in [-0.25, -0.2) is 4.39 Å². The largest absolute Gasteiger partial charge is 0.371 e. The van der Waals surface area contributed by atoms with Crippen LogP contribution >= 0.6 is 0 Å². The molecule has 1 heterocycles. The van der Waals surface area contributed by atoms with Crippen LogP contribution in [0.1, 0.15) is 24.8 Å². The van der Waals surface area contributed by atoms with Crippen LogP contribution in [0.3, 0.4) is 0 Å². The second-order valence-corrected chi connectivity index (χ2v) is 5.41. The van der Waals surface area contributed by atoms with Crippen molar-refractivity contribution < 1.29 is 4.39 Å². The first kappa shape index (κ1) is 11.0. The molecule has 1 aliphatic heterocycles. The number of nitrogens with two attached hydrogens (primary N) is 1. The Hall–Kier alpha value is -1.09. The molecule has 0 aromatic heterocycles. The Kier molecular flexibility index (Phi) is 2.79. The number of hydrogen-bond donors (Lipinski definition) is 1. The van der Waals surface area contributed by atoms with Crippen LogP contribution in [-0.2, 0) is 6.42 Å². The Morgan fingerprint density at radius 2 is 2.24 bits per heavy atom. The molecule has 2 aliphatic rings. The molecule has 2 atom stereocenters. The number of nitrogens with zero attached hydrogens (tertiary/aromatic N) is 1. The third kappa shape index (κ3) is 2.16. The molecule has 2 N–H and O–H groups in total. The van der Waals surface area contributed by atoms with Gasteiger partial charge in [-0.1, -0.05) is 6.07 Å². The normalized spacial score (nSPS) is 27.5. The van der Waals surface area contributed by atoms with Gasteiger partial charge in [-0.05, 0) is 49.3 Å². The molecular formula is C14H19FN2. The van der Waals surface area contributed by atoms with E-state index in [4.69, 9.17) is 5.73 Å². The van der Waals surface area contributed by atoms with Gasteiger partial charge in [0.05, 0.1) is 0 Å². The average Bonchev–Trinajstić information content (AvgIpc) is 2.87. The van der Waals surface area contributed by atoms with E-state index in [2.05, 4.69) is 4.90 Å². The van der Waals surface area contributed by atoms with Gasteiger partial charge in [-0.15, -0.1) is 0 Å². The molecule has 0 spiro atoms. The van der Waals surface area contributed by atoms with E-state index in [0.717, 1.165) is 38.0 Å². The number of rotatable bonds is 2. The summed E-state index contributed by atoms with van der Waals surface area (Å²) in [4.78, 5) is 2.33. The molecule has 1 fully saturated rings. The van der Waals surface area contributed by atoms with E-state index in [-0.39, 0.29) is 5.82 Å². The summed E-state index contributed by atoms with van der Waals surface area (Å²) in [5, 5.41) is 0. The van der Waals surface area contributed by atoms with Gasteiger partial charge in [0.15, 0.2) is 0 Å². The minimum atomic E-state index is -0.126. The molecule has 0 saturated heterocycles. The molecule has 2 nitrogen and oxygen atoms in total. The lowest BCUT2D eigenvalue weighted by molar-refractivity contribution is 0.527. The number of halogens is 1. The lowest BCUT2D eigenvalue weighted by atomic mass is 10.1. The van der Waals surface area contributed by atoms with Gasteiger partial charge in [0.25, 0.3) is 0 Å². The molecule has 1 aliphatic carbocycles. The second-order valence-electron chi connectivity index (χ2n) is 5.41. The Morgan fingerprint density at radius 1 is 1.35 bits per heavy atom. The lowest BCUT2D eigenvalue weighted by Crippen LogP contribution is -2.27. The maximum Gasteiger partial charge on any atom is 0.125 e. The van der Waals surface area contributed by atoms with Crippen LogP contribution in [-0.4, -0.2) is 19.1 Å². The number of anilines is 1. The SMILES string of the molecule is NC1CCC(CN2CCc3ccc(F)cc32)C1. The highest BCUT2D eigenvalue weighted by Gasteiger charge is 2.27. The summed E-state index contributed by atoms with van der Waals surface area (Å²) in [5.41, 5.74) is 8.33. The van der Waals surface area contributed by atoms with Crippen LogP contribution in [0, 0.1) is 11.7 Å². The topological polar surface area (TPSA) is 29.3 Å². The standard InChI is InChI=1S/C14H19FN2/c15-12-3-2-11-5-6-17(14(11)8-12)9-10-1-4-13(16)7-10/h2-3,8,10,13H,1,4-7,9,16H2. The van der Waals surface area contributed by atoms with Crippen LogP contribution < -0.4 is 10.6 Å². The third-order valence-corrected chi connectivity index (χ3v) is 4.10. The molecule has 2 unspecified atom stereocenters. The summed E-state index contributed by atoms with van der Waals surface area (Å²) in [7, 11) is 0. The van der Waals surface area contributed by atoms with Crippen molar-refractivity contribution in [2.45, 2.75) is 31.7 Å². The number of fused-ring (bicyclic) bond motifs is 1. The van der Waals surface area contributed by atoms with Gasteiger partial charge < -0.3 is 10.6 Å². The summed E-state index contributed by atoms with van der Waals surface area (Å²) >= 11 is 0. The van der Waals surface area contributed by atoms with Crippen molar-refractivity contribution in [1.29, 1.82) is 0 Å². The molecule has 0 amide bonds. The van der Waals surface area contributed by atoms with Crippen LogP contribution in [0.25, 0.3) is 0 Å². The van der Waals surface area contributed by atoms with E-state index < -0.39 is 0 Å². The van der Waals surface area contributed by atoms with Crippen LogP contribution in [0.15, 0.2) is 18.2 Å². The smallest absolute Gasteiger partial charge is 0.125 e. The van der Waals surface area contributed by atoms with Crippen molar-refractivity contribution in [2.75, 3.05) is 18.0 Å². The summed E-state index contributed by atoms with van der Waals surface area (Å²) in [5.74, 6) is 0.568. The first-order valence-corrected chi connectivity index (χ1v) is 6.51. The lowest BCUT2D eigenvalue weighted by Gasteiger charge is -2.23. The molecule has 3 rings (SSSR count). The van der Waals surface area contributed by atoms with Crippen molar-refractivity contribution >= 4 is 5.69 Å². The van der Waals surface area contributed by atoms with Gasteiger partial charge >= 0.3 is 0 Å². The fourth-order valence-electron chi connectivity index (χ4n) is 3.20. The molecule has 0 bridgehead atoms. The van der Waals surface area contributed by atoms with Crippen molar-refractivity contribution in [3.8, 4) is 0 Å². The molecular weight excluding hydrogens is 215 g/mol. The zero-order valence-corrected chi connectivity index (χ0v) is 10.0. The van der Waals surface area contributed by atoms with E-state index in [0.29, 0.717) is 12.0 Å². The van der Waals surface area contributed by atoms with E-state index in [1.54, 1.807) is 12.1 Å². The summed E-state index contributed by atoms with van der Waals surface area (Å²) in [6.45, 7) is 2.08. The van der Waals surface area contributed by atoms with Gasteiger partial charge in [-0.2, -0.15) is 0 Å². The van der Waals surface area contributed by atoms with Crippen LogP contribution in [0.2, 0.25) is 0 Å². The molecule has 0 radical (unpaired) electrons. The van der Waals surface area contributed by atoms with Gasteiger partial charge in [0.2, 0.25) is 0 Å². The highest BCUT2D eigenvalue weighted by atomic mass is 19.1. The van der Waals surface area contributed by atoms with E-state index in [1.807, 2.05) is 6.07 Å². The highest BCUT2D eigenvalue weighted by Crippen LogP contribution is 2.32. The Morgan fingerprint density at radius 3 is 3.00 bits per heavy atom. The van der Waals surface area contributed by atoms with Crippen molar-refractivity contribution in [2.24, 2.45) is 11.7 Å². The van der Waals surface area contributed by atoms with Crippen LogP contribution in [0.5, 0.6) is 0 Å². The predicted octanol–water partition coefficient (Wildman–Crippen LogP) is 2.32. The van der Waals surface area contributed by atoms with Gasteiger partial charge in [0.1, 0.15) is 5.82 Å². The van der Waals surface area contributed by atoms with Crippen molar-refractivity contribution in [3.63, 3.8) is 0 Å². The fourth-order valence-corrected chi connectivity index (χ4v) is 3.20. The monoisotopic (exact) mass is 234 g/mol. The van der Waals surface area contributed by atoms with Gasteiger partial charge in [-0.3, -0.25) is 0 Å². The third-order valence-electron chi connectivity index (χ3n) is 4.10. The zero-order valence-electron chi connectivity index (χ0n) is 10.0. The first-order valence-electron chi connectivity index (χ1n) is 6.51. The molecule has 1 saturated carbocycles. The van der Waals surface area contributed by atoms with Crippen LogP contribution in [0.4, 0.5) is 10.1 Å². The summed E-state index contributed by atoms with van der Waals surface area (Å²) in [6.07, 6.45) is 4.55. The first-order chi connectivity index (χ1) is 8.22. The quantitative estimate of drug-likeness (QED) is 0.851. The highest BCUT2D eigenvalue weighted by molar-refractivity contribution is 5.58. The van der Waals surface area contributed by atoms with Crippen molar-refractivity contribution in [3.05, 3.63) is 29.6 Å². The summed E-state index contributed by atoms with van der Waals surface area (Å²) in [6, 6.07) is 5.55. The zero-order chi connectivity index (χ0) is 11.8. The maximum absolute atomic E-state index is 13.3. The molecule has 1 aromatic carbocycles. The molecule has 92 valence electrons. The minimum Gasteiger partial charge on any atom is -0.371 e. The molecule has 17 heavy (non-hydrogen) atoms. The molecule has 1 aromatic rings. The van der Waals surface area contributed by atoms with E-state index in [9.17, 15) is 4.39 Å². The Bertz CT molecular complexity index is 419. The Labute approximate surface area is 102 Å². The Balaban J connectivity index is 1.73. The number of hydrogen-bond acceptors (Lipinski definition) is 2. The van der Waals surface area contributed by atoms with Gasteiger partial charge in [0, 0.05) is 24.8 Å². The van der Waals surface area contributed by atoms with E-state index in [1.165, 1.54) is 12.0 Å². The predicted molar refractivity (Wildman–Crippen MR) is 67.6 cm³/mol. The minimum absolute atomic E-state index is 0.126. The average molecular weight is 234 g/mol. The fraction of sp³-hybridized carbons (Fsp3) is 0.571. The van der Waals surface area contributed by atoms with E-state index >= 15 is 0 Å². The second kappa shape index (κ2) is 4.30. The maximum atomic E-state index is 13.3. The molecule has 3 heteroatoms.